The van der Waals surface area contributed by atoms with Crippen LogP contribution in [0.5, 0.6) is 0 Å². The van der Waals surface area contributed by atoms with Gasteiger partial charge in [-0.15, -0.1) is 11.3 Å². The van der Waals surface area contributed by atoms with E-state index in [0.717, 1.165) is 10.4 Å². The minimum Gasteiger partial charge on any atom is -0.463 e. The molecule has 0 fully saturated rings. The summed E-state index contributed by atoms with van der Waals surface area (Å²) in [5.41, 5.74) is 1.93. The van der Waals surface area contributed by atoms with Crippen LogP contribution in [0.4, 0.5) is 5.69 Å². The lowest BCUT2D eigenvalue weighted by atomic mass is 10.0. The quantitative estimate of drug-likeness (QED) is 0.206. The van der Waals surface area contributed by atoms with Crippen LogP contribution >= 0.6 is 22.7 Å². The van der Waals surface area contributed by atoms with Crippen LogP contribution in [0.25, 0.3) is 17.4 Å². The van der Waals surface area contributed by atoms with Crippen LogP contribution < -0.4 is 14.9 Å². The van der Waals surface area contributed by atoms with Crippen LogP contribution in [0.1, 0.15) is 36.1 Å². The first kappa shape index (κ1) is 24.6. The molecule has 5 rings (SSSR count). The van der Waals surface area contributed by atoms with Crippen molar-refractivity contribution >= 4 is 40.4 Å². The topological polar surface area (TPSA) is 117 Å². The van der Waals surface area contributed by atoms with E-state index in [1.807, 2.05) is 24.4 Å². The number of fused-ring (bicyclic) bond motifs is 1. The number of carbonyl (C=O) groups is 1. The summed E-state index contributed by atoms with van der Waals surface area (Å²) >= 11 is 2.65. The van der Waals surface area contributed by atoms with Crippen molar-refractivity contribution in [1.29, 1.82) is 0 Å². The number of nitro groups is 1. The second kappa shape index (κ2) is 9.75. The predicted molar refractivity (Wildman–Crippen MR) is 140 cm³/mol. The lowest BCUT2D eigenvalue weighted by molar-refractivity contribution is -0.384. The molecule has 0 saturated carbocycles. The van der Waals surface area contributed by atoms with Gasteiger partial charge in [0.15, 0.2) is 4.80 Å². The van der Waals surface area contributed by atoms with E-state index >= 15 is 0 Å². The van der Waals surface area contributed by atoms with Crippen molar-refractivity contribution in [2.75, 3.05) is 6.61 Å². The van der Waals surface area contributed by atoms with Gasteiger partial charge in [0, 0.05) is 28.6 Å². The minimum absolute atomic E-state index is 0.0341. The highest BCUT2D eigenvalue weighted by Crippen LogP contribution is 2.33. The molecule has 0 amide bonds. The van der Waals surface area contributed by atoms with Crippen molar-refractivity contribution in [3.8, 4) is 11.3 Å². The normalized spacial score (nSPS) is 15.4. The van der Waals surface area contributed by atoms with E-state index in [9.17, 15) is 19.7 Å². The van der Waals surface area contributed by atoms with E-state index < -0.39 is 16.9 Å². The molecule has 1 aromatic carbocycles. The molecular formula is C26H21N3O6S2. The maximum absolute atomic E-state index is 13.6. The monoisotopic (exact) mass is 535 g/mol. The third kappa shape index (κ3) is 4.47. The number of esters is 1. The molecule has 4 heterocycles. The molecule has 1 atom stereocenters. The highest BCUT2D eigenvalue weighted by Gasteiger charge is 2.33. The van der Waals surface area contributed by atoms with Crippen molar-refractivity contribution in [1.82, 2.24) is 4.57 Å². The van der Waals surface area contributed by atoms with Gasteiger partial charge in [0.05, 0.1) is 27.3 Å². The zero-order valence-corrected chi connectivity index (χ0v) is 21.7. The van der Waals surface area contributed by atoms with Gasteiger partial charge in [0.1, 0.15) is 17.6 Å². The highest BCUT2D eigenvalue weighted by molar-refractivity contribution is 7.10. The van der Waals surface area contributed by atoms with Crippen molar-refractivity contribution in [2.24, 2.45) is 4.99 Å². The highest BCUT2D eigenvalue weighted by atomic mass is 32.1. The van der Waals surface area contributed by atoms with E-state index in [-0.39, 0.29) is 17.9 Å². The van der Waals surface area contributed by atoms with Gasteiger partial charge in [-0.2, -0.15) is 0 Å². The fraction of sp³-hybridized carbons (Fsp3) is 0.192. The Balaban J connectivity index is 1.61. The number of thiazole rings is 1. The molecule has 0 spiro atoms. The largest absolute Gasteiger partial charge is 0.463 e. The average molecular weight is 536 g/mol. The molecule has 1 aliphatic rings. The molecule has 0 saturated heterocycles. The first-order valence-corrected chi connectivity index (χ1v) is 13.1. The summed E-state index contributed by atoms with van der Waals surface area (Å²) < 4.78 is 13.1. The summed E-state index contributed by atoms with van der Waals surface area (Å²) in [5.74, 6) is 0.372. The van der Waals surface area contributed by atoms with Gasteiger partial charge in [-0.25, -0.2) is 9.79 Å². The number of benzene rings is 1. The molecule has 188 valence electrons. The van der Waals surface area contributed by atoms with Crippen LogP contribution in [-0.2, 0) is 9.53 Å². The molecular weight excluding hydrogens is 514 g/mol. The third-order valence-electron chi connectivity index (χ3n) is 5.93. The van der Waals surface area contributed by atoms with E-state index in [1.165, 1.54) is 39.4 Å². The summed E-state index contributed by atoms with van der Waals surface area (Å²) in [6.07, 6.45) is 1.62. The van der Waals surface area contributed by atoms with Crippen LogP contribution in [0.3, 0.4) is 0 Å². The van der Waals surface area contributed by atoms with Crippen molar-refractivity contribution < 1.29 is 18.9 Å². The molecule has 0 aliphatic carbocycles. The number of hydrogen-bond donors (Lipinski definition) is 0. The van der Waals surface area contributed by atoms with Gasteiger partial charge in [-0.3, -0.25) is 19.5 Å². The molecule has 0 unspecified atom stereocenters. The maximum Gasteiger partial charge on any atom is 0.338 e. The van der Waals surface area contributed by atoms with E-state index in [0.29, 0.717) is 37.7 Å². The number of aryl methyl sites for hydroxylation is 1. The minimum atomic E-state index is -0.642. The second-order valence-electron chi connectivity index (χ2n) is 8.28. The zero-order chi connectivity index (χ0) is 26.3. The molecule has 3 aromatic heterocycles. The summed E-state index contributed by atoms with van der Waals surface area (Å²) in [4.78, 5) is 43.1. The van der Waals surface area contributed by atoms with Crippen molar-refractivity contribution in [2.45, 2.75) is 26.8 Å². The number of non-ortho nitro benzene ring substituents is 1. The Labute approximate surface area is 218 Å². The van der Waals surface area contributed by atoms with Gasteiger partial charge < -0.3 is 9.15 Å². The molecule has 11 heteroatoms. The third-order valence-corrected chi connectivity index (χ3v) is 7.83. The predicted octanol–water partition coefficient (Wildman–Crippen LogP) is 4.34. The number of furan rings is 1. The average Bonchev–Trinajstić information content (AvgIpc) is 3.61. The first-order chi connectivity index (χ1) is 17.8. The lowest BCUT2D eigenvalue weighted by Gasteiger charge is -2.23. The molecule has 0 radical (unpaired) electrons. The Morgan fingerprint density at radius 1 is 1.27 bits per heavy atom. The summed E-state index contributed by atoms with van der Waals surface area (Å²) in [5, 5.41) is 13.1. The number of hydrogen-bond acceptors (Lipinski definition) is 9. The van der Waals surface area contributed by atoms with Gasteiger partial charge in [0.25, 0.3) is 11.2 Å². The van der Waals surface area contributed by atoms with E-state index in [1.54, 1.807) is 38.1 Å². The standard InChI is InChI=1S/C26H21N3O6S2/c1-4-34-25(31)22-15(3)27-26-28(23(22)20-6-5-11-36-20)24(30)21(37-26)13-17-9-10-19(35-17)18-12-16(29(32)33)8-7-14(18)2/h5-13,23H,4H2,1-3H3/b21-13+/t23-/m1/s1. The van der Waals surface area contributed by atoms with E-state index in [4.69, 9.17) is 9.15 Å². The molecule has 9 nitrogen and oxygen atoms in total. The number of rotatable bonds is 6. The second-order valence-corrected chi connectivity index (χ2v) is 10.3. The molecule has 37 heavy (non-hydrogen) atoms. The van der Waals surface area contributed by atoms with Crippen LogP contribution in [0.2, 0.25) is 0 Å². The zero-order valence-electron chi connectivity index (χ0n) is 20.1. The van der Waals surface area contributed by atoms with Crippen molar-refractivity contribution in [3.05, 3.63) is 105 Å². The fourth-order valence-corrected chi connectivity index (χ4v) is 6.05. The van der Waals surface area contributed by atoms with Crippen LogP contribution in [0, 0.1) is 17.0 Å². The molecule has 0 bridgehead atoms. The number of ether oxygens (including phenoxy) is 1. The van der Waals surface area contributed by atoms with Gasteiger partial charge in [0.2, 0.25) is 0 Å². The maximum atomic E-state index is 13.6. The number of aromatic nitrogens is 1. The summed E-state index contributed by atoms with van der Waals surface area (Å²) in [7, 11) is 0. The Morgan fingerprint density at radius 2 is 2.08 bits per heavy atom. The van der Waals surface area contributed by atoms with Gasteiger partial charge in [-0.1, -0.05) is 23.5 Å². The first-order valence-electron chi connectivity index (χ1n) is 11.4. The number of carbonyl (C=O) groups excluding carboxylic acids is 1. The number of nitro benzene ring substituents is 1. The van der Waals surface area contributed by atoms with Crippen molar-refractivity contribution in [3.63, 3.8) is 0 Å². The Hall–Kier alpha value is -4.09. The SMILES string of the molecule is CCOC(=O)C1=C(C)N=c2s/c(=C/c3ccc(-c4cc([N+](=O)[O-])ccc4C)o3)c(=O)n2[C@@H]1c1cccs1. The molecule has 4 aromatic rings. The van der Waals surface area contributed by atoms with Gasteiger partial charge in [-0.05, 0) is 49.9 Å². The molecule has 0 N–H and O–H groups in total. The Morgan fingerprint density at radius 3 is 2.78 bits per heavy atom. The van der Waals surface area contributed by atoms with Crippen LogP contribution in [0.15, 0.2) is 73.3 Å². The fourth-order valence-electron chi connectivity index (χ4n) is 4.20. The number of thiophene rings is 1. The summed E-state index contributed by atoms with van der Waals surface area (Å²) in [6, 6.07) is 11.1. The number of allylic oxidation sites excluding steroid dienone is 1. The van der Waals surface area contributed by atoms with E-state index in [2.05, 4.69) is 4.99 Å². The smallest absolute Gasteiger partial charge is 0.338 e. The lowest BCUT2D eigenvalue weighted by Crippen LogP contribution is -2.39. The van der Waals surface area contributed by atoms with Gasteiger partial charge >= 0.3 is 5.97 Å². The Kier molecular flexibility index (Phi) is 6.48. The summed E-state index contributed by atoms with van der Waals surface area (Å²) in [6.45, 7) is 5.52. The molecule has 1 aliphatic heterocycles. The number of nitrogens with zero attached hydrogens (tertiary/aromatic N) is 3. The Bertz CT molecular complexity index is 1740. The van der Waals surface area contributed by atoms with Crippen LogP contribution in [-0.4, -0.2) is 22.1 Å².